The zero-order chi connectivity index (χ0) is 18.9. The second-order valence-electron chi connectivity index (χ2n) is 7.90. The molecular formula is C23H26N2O. The first kappa shape index (κ1) is 18.0. The fourth-order valence-corrected chi connectivity index (χ4v) is 2.96. The van der Waals surface area contributed by atoms with Crippen LogP contribution in [0.1, 0.15) is 44.4 Å². The summed E-state index contributed by atoms with van der Waals surface area (Å²) < 4.78 is 0. The molecule has 134 valence electrons. The van der Waals surface area contributed by atoms with Gasteiger partial charge < -0.3 is 10.3 Å². The summed E-state index contributed by atoms with van der Waals surface area (Å²) in [5, 5.41) is 4.10. The molecule has 0 saturated heterocycles. The third kappa shape index (κ3) is 3.88. The number of benzene rings is 2. The number of H-pyrrole nitrogens is 1. The molecule has 3 aromatic rings. The van der Waals surface area contributed by atoms with Crippen LogP contribution in [0.25, 0.3) is 17.0 Å². The van der Waals surface area contributed by atoms with Gasteiger partial charge in [0.05, 0.1) is 0 Å². The van der Waals surface area contributed by atoms with Crippen molar-refractivity contribution in [2.45, 2.75) is 40.0 Å². The predicted molar refractivity (Wildman–Crippen MR) is 110 cm³/mol. The van der Waals surface area contributed by atoms with Gasteiger partial charge in [-0.05, 0) is 54.7 Å². The molecule has 3 heteroatoms. The van der Waals surface area contributed by atoms with Crippen LogP contribution in [0.15, 0.2) is 54.2 Å². The summed E-state index contributed by atoms with van der Waals surface area (Å²) in [6, 6.07) is 14.3. The average molecular weight is 346 g/mol. The Labute approximate surface area is 155 Å². The first-order valence-electron chi connectivity index (χ1n) is 8.92. The van der Waals surface area contributed by atoms with E-state index < -0.39 is 0 Å². The molecule has 0 atom stereocenters. The van der Waals surface area contributed by atoms with Crippen LogP contribution < -0.4 is 5.32 Å². The van der Waals surface area contributed by atoms with Gasteiger partial charge in [0.25, 0.3) is 5.91 Å². The number of aromatic nitrogens is 1. The van der Waals surface area contributed by atoms with Crippen molar-refractivity contribution in [3.05, 3.63) is 70.9 Å². The number of hydrogen-bond donors (Lipinski definition) is 2. The van der Waals surface area contributed by atoms with Crippen molar-refractivity contribution in [2.24, 2.45) is 0 Å². The Morgan fingerprint density at radius 3 is 2.42 bits per heavy atom. The number of carbonyl (C=O) groups excluding carboxylic acids is 1. The summed E-state index contributed by atoms with van der Waals surface area (Å²) in [7, 11) is 0. The van der Waals surface area contributed by atoms with Crippen molar-refractivity contribution < 1.29 is 4.79 Å². The Hall–Kier alpha value is -2.81. The molecule has 0 fully saturated rings. The third-order valence-electron chi connectivity index (χ3n) is 4.61. The van der Waals surface area contributed by atoms with Gasteiger partial charge in [-0.25, -0.2) is 0 Å². The van der Waals surface area contributed by atoms with Crippen molar-refractivity contribution in [3.63, 3.8) is 0 Å². The van der Waals surface area contributed by atoms with E-state index >= 15 is 0 Å². The number of aromatic amines is 1. The smallest absolute Gasteiger partial charge is 0.251 e. The monoisotopic (exact) mass is 346 g/mol. The van der Waals surface area contributed by atoms with E-state index in [2.05, 4.69) is 68.3 Å². The molecule has 0 radical (unpaired) electrons. The minimum Gasteiger partial charge on any atom is -0.361 e. The zero-order valence-corrected chi connectivity index (χ0v) is 16.1. The lowest BCUT2D eigenvalue weighted by molar-refractivity contribution is -0.112. The molecular weight excluding hydrogens is 320 g/mol. The molecule has 0 aliphatic rings. The number of carbonyl (C=O) groups is 1. The summed E-state index contributed by atoms with van der Waals surface area (Å²) in [5.74, 6) is -0.0880. The highest BCUT2D eigenvalue weighted by Crippen LogP contribution is 2.24. The van der Waals surface area contributed by atoms with Crippen LogP contribution in [-0.2, 0) is 10.2 Å². The Kier molecular flexibility index (Phi) is 4.73. The van der Waals surface area contributed by atoms with Crippen LogP contribution in [0.4, 0.5) is 5.69 Å². The van der Waals surface area contributed by atoms with Crippen LogP contribution in [-0.4, -0.2) is 10.9 Å². The van der Waals surface area contributed by atoms with Gasteiger partial charge in [-0.1, -0.05) is 45.0 Å². The minimum absolute atomic E-state index is 0.0880. The largest absolute Gasteiger partial charge is 0.361 e. The lowest BCUT2D eigenvalue weighted by Crippen LogP contribution is -2.14. The molecule has 1 heterocycles. The maximum atomic E-state index is 12.5. The number of nitrogens with one attached hydrogen (secondary N) is 2. The van der Waals surface area contributed by atoms with Gasteiger partial charge in [0, 0.05) is 33.9 Å². The Balaban J connectivity index is 1.77. The summed E-state index contributed by atoms with van der Waals surface area (Å²) in [6.07, 6.45) is 3.87. The highest BCUT2D eigenvalue weighted by Gasteiger charge is 2.13. The Morgan fingerprint density at radius 1 is 1.08 bits per heavy atom. The van der Waals surface area contributed by atoms with Gasteiger partial charge in [-0.2, -0.15) is 0 Å². The van der Waals surface area contributed by atoms with E-state index in [1.165, 1.54) is 11.1 Å². The van der Waals surface area contributed by atoms with Crippen LogP contribution in [0.2, 0.25) is 0 Å². The van der Waals surface area contributed by atoms with Gasteiger partial charge in [0.15, 0.2) is 0 Å². The first-order chi connectivity index (χ1) is 12.2. The van der Waals surface area contributed by atoms with Crippen molar-refractivity contribution in [3.8, 4) is 0 Å². The number of rotatable bonds is 3. The van der Waals surface area contributed by atoms with E-state index in [9.17, 15) is 4.79 Å². The fourth-order valence-electron chi connectivity index (χ4n) is 2.96. The molecule has 0 aliphatic heterocycles. The number of amides is 1. The predicted octanol–water partition coefficient (Wildman–Crippen LogP) is 5.82. The average Bonchev–Trinajstić information content (AvgIpc) is 2.96. The maximum Gasteiger partial charge on any atom is 0.251 e. The lowest BCUT2D eigenvalue weighted by atomic mass is 9.87. The van der Waals surface area contributed by atoms with Crippen molar-refractivity contribution in [1.82, 2.24) is 4.98 Å². The van der Waals surface area contributed by atoms with E-state index in [0.29, 0.717) is 5.57 Å². The van der Waals surface area contributed by atoms with Gasteiger partial charge in [0.2, 0.25) is 0 Å². The SMILES string of the molecule is C/C(=C\c1c[nH]c2cc(C)ccc12)C(=O)Nc1ccc(C(C)(C)C)cc1. The summed E-state index contributed by atoms with van der Waals surface area (Å²) in [5.41, 5.74) is 6.15. The standard InChI is InChI=1S/C23H26N2O/c1-15-6-11-20-17(14-24-21(20)12-15)13-16(2)22(26)25-19-9-7-18(8-10-19)23(3,4)5/h6-14,24H,1-5H3,(H,25,26)/b16-13+. The normalized spacial score (nSPS) is 12.4. The topological polar surface area (TPSA) is 44.9 Å². The second-order valence-corrected chi connectivity index (χ2v) is 7.90. The van der Waals surface area contributed by atoms with Gasteiger partial charge >= 0.3 is 0 Å². The van der Waals surface area contributed by atoms with Crippen LogP contribution in [0.3, 0.4) is 0 Å². The maximum absolute atomic E-state index is 12.5. The van der Waals surface area contributed by atoms with E-state index in [1.807, 2.05) is 31.3 Å². The molecule has 0 spiro atoms. The Bertz CT molecular complexity index is 970. The molecule has 3 rings (SSSR count). The molecule has 2 aromatic carbocycles. The molecule has 3 nitrogen and oxygen atoms in total. The van der Waals surface area contributed by atoms with E-state index in [1.54, 1.807) is 0 Å². The highest BCUT2D eigenvalue weighted by molar-refractivity contribution is 6.07. The van der Waals surface area contributed by atoms with Gasteiger partial charge in [-0.3, -0.25) is 4.79 Å². The zero-order valence-electron chi connectivity index (χ0n) is 16.1. The number of fused-ring (bicyclic) bond motifs is 1. The number of anilines is 1. The molecule has 0 unspecified atom stereocenters. The highest BCUT2D eigenvalue weighted by atomic mass is 16.1. The summed E-state index contributed by atoms with van der Waals surface area (Å²) in [4.78, 5) is 15.8. The third-order valence-corrected chi connectivity index (χ3v) is 4.61. The quantitative estimate of drug-likeness (QED) is 0.577. The fraction of sp³-hybridized carbons (Fsp3) is 0.261. The number of hydrogen-bond acceptors (Lipinski definition) is 1. The van der Waals surface area contributed by atoms with Crippen LogP contribution in [0.5, 0.6) is 0 Å². The minimum atomic E-state index is -0.0880. The van der Waals surface area contributed by atoms with Crippen molar-refractivity contribution in [1.29, 1.82) is 0 Å². The molecule has 1 amide bonds. The van der Waals surface area contributed by atoms with Crippen LogP contribution in [0, 0.1) is 6.92 Å². The molecule has 0 bridgehead atoms. The Morgan fingerprint density at radius 2 is 1.77 bits per heavy atom. The molecule has 0 saturated carbocycles. The summed E-state index contributed by atoms with van der Waals surface area (Å²) in [6.45, 7) is 10.4. The lowest BCUT2D eigenvalue weighted by Gasteiger charge is -2.19. The van der Waals surface area contributed by atoms with Crippen molar-refractivity contribution >= 4 is 28.6 Å². The molecule has 26 heavy (non-hydrogen) atoms. The number of aryl methyl sites for hydroxylation is 1. The molecule has 2 N–H and O–H groups in total. The second kappa shape index (κ2) is 6.83. The van der Waals surface area contributed by atoms with Crippen LogP contribution >= 0.6 is 0 Å². The van der Waals surface area contributed by atoms with E-state index in [4.69, 9.17) is 0 Å². The van der Waals surface area contributed by atoms with E-state index in [-0.39, 0.29) is 11.3 Å². The van der Waals surface area contributed by atoms with Gasteiger partial charge in [-0.15, -0.1) is 0 Å². The molecule has 1 aromatic heterocycles. The molecule has 0 aliphatic carbocycles. The first-order valence-corrected chi connectivity index (χ1v) is 8.92. The van der Waals surface area contributed by atoms with Gasteiger partial charge in [0.1, 0.15) is 0 Å². The van der Waals surface area contributed by atoms with E-state index in [0.717, 1.165) is 22.2 Å². The summed E-state index contributed by atoms with van der Waals surface area (Å²) >= 11 is 0. The van der Waals surface area contributed by atoms with Crippen molar-refractivity contribution in [2.75, 3.05) is 5.32 Å².